The molecule has 3 rings (SSSR count). The van der Waals surface area contributed by atoms with Crippen LogP contribution in [0.1, 0.15) is 0 Å². The summed E-state index contributed by atoms with van der Waals surface area (Å²) < 4.78 is 1.76. The SMILES string of the molecule is c1cnc2ccc(-n3cnnc3)nc2c1. The van der Waals surface area contributed by atoms with Crippen LogP contribution in [0.3, 0.4) is 0 Å². The fourth-order valence-corrected chi connectivity index (χ4v) is 1.41. The van der Waals surface area contributed by atoms with Gasteiger partial charge in [0.25, 0.3) is 0 Å². The van der Waals surface area contributed by atoms with Crippen molar-refractivity contribution in [3.63, 3.8) is 0 Å². The lowest BCUT2D eigenvalue weighted by Gasteiger charge is -2.01. The number of rotatable bonds is 1. The molecular weight excluding hydrogens is 190 g/mol. The van der Waals surface area contributed by atoms with E-state index in [1.54, 1.807) is 23.4 Å². The van der Waals surface area contributed by atoms with Gasteiger partial charge in [-0.25, -0.2) is 4.98 Å². The predicted octanol–water partition coefficient (Wildman–Crippen LogP) is 1.21. The molecule has 3 aromatic heterocycles. The zero-order chi connectivity index (χ0) is 10.1. The minimum absolute atomic E-state index is 0.792. The van der Waals surface area contributed by atoms with Gasteiger partial charge in [0.1, 0.15) is 18.5 Å². The molecule has 0 fully saturated rings. The molecule has 5 heteroatoms. The Balaban J connectivity index is 2.22. The first kappa shape index (κ1) is 8.05. The molecule has 0 unspecified atom stereocenters. The lowest BCUT2D eigenvalue weighted by Crippen LogP contribution is -1.94. The lowest BCUT2D eigenvalue weighted by molar-refractivity contribution is 1.00. The van der Waals surface area contributed by atoms with E-state index in [1.807, 2.05) is 24.3 Å². The molecule has 0 aromatic carbocycles. The van der Waals surface area contributed by atoms with Crippen molar-refractivity contribution in [2.24, 2.45) is 0 Å². The van der Waals surface area contributed by atoms with E-state index in [9.17, 15) is 0 Å². The summed E-state index contributed by atoms with van der Waals surface area (Å²) in [6, 6.07) is 7.61. The van der Waals surface area contributed by atoms with Crippen LogP contribution in [0.4, 0.5) is 0 Å². The van der Waals surface area contributed by atoms with E-state index in [2.05, 4.69) is 20.2 Å². The third-order valence-corrected chi connectivity index (χ3v) is 2.12. The Morgan fingerprint density at radius 3 is 2.67 bits per heavy atom. The Bertz CT molecular complexity index is 588. The van der Waals surface area contributed by atoms with Crippen LogP contribution in [-0.2, 0) is 0 Å². The highest BCUT2D eigenvalue weighted by Gasteiger charge is 1.99. The Kier molecular flexibility index (Phi) is 1.68. The van der Waals surface area contributed by atoms with Gasteiger partial charge >= 0.3 is 0 Å². The van der Waals surface area contributed by atoms with Crippen LogP contribution in [0.2, 0.25) is 0 Å². The van der Waals surface area contributed by atoms with E-state index in [1.165, 1.54) is 0 Å². The largest absolute Gasteiger partial charge is 0.272 e. The fraction of sp³-hybridized carbons (Fsp3) is 0. The number of hydrogen-bond acceptors (Lipinski definition) is 4. The average Bonchev–Trinajstić information content (AvgIpc) is 2.82. The minimum atomic E-state index is 0.792. The highest BCUT2D eigenvalue weighted by Crippen LogP contribution is 2.11. The summed E-state index contributed by atoms with van der Waals surface area (Å²) in [4.78, 5) is 8.64. The van der Waals surface area contributed by atoms with Crippen LogP contribution < -0.4 is 0 Å². The topological polar surface area (TPSA) is 56.5 Å². The standard InChI is InChI=1S/C10H7N5/c1-2-9-8(11-5-1)3-4-10(14-9)15-6-12-13-7-15/h1-7H. The summed E-state index contributed by atoms with van der Waals surface area (Å²) in [5.74, 6) is 0.792. The van der Waals surface area contributed by atoms with Crippen molar-refractivity contribution >= 4 is 11.0 Å². The molecule has 3 aromatic rings. The van der Waals surface area contributed by atoms with Gasteiger partial charge in [0.15, 0.2) is 0 Å². The molecule has 0 amide bonds. The normalized spacial score (nSPS) is 10.7. The minimum Gasteiger partial charge on any atom is -0.272 e. The maximum Gasteiger partial charge on any atom is 0.139 e. The number of pyridine rings is 2. The van der Waals surface area contributed by atoms with Gasteiger partial charge in [-0.15, -0.1) is 10.2 Å². The Labute approximate surface area is 85.4 Å². The average molecular weight is 197 g/mol. The second kappa shape index (κ2) is 3.13. The number of fused-ring (bicyclic) bond motifs is 1. The quantitative estimate of drug-likeness (QED) is 0.588. The molecule has 0 atom stereocenters. The van der Waals surface area contributed by atoms with Crippen molar-refractivity contribution in [1.29, 1.82) is 0 Å². The van der Waals surface area contributed by atoms with Gasteiger partial charge in [0, 0.05) is 6.20 Å². The Morgan fingerprint density at radius 2 is 1.80 bits per heavy atom. The van der Waals surface area contributed by atoms with Gasteiger partial charge in [-0.1, -0.05) is 0 Å². The predicted molar refractivity (Wildman–Crippen MR) is 54.5 cm³/mol. The summed E-state index contributed by atoms with van der Waals surface area (Å²) in [5.41, 5.74) is 1.75. The molecule has 0 aliphatic carbocycles. The molecule has 0 aliphatic heterocycles. The molecule has 72 valence electrons. The first-order chi connectivity index (χ1) is 7.43. The smallest absolute Gasteiger partial charge is 0.139 e. The van der Waals surface area contributed by atoms with Crippen LogP contribution in [0.25, 0.3) is 16.9 Å². The van der Waals surface area contributed by atoms with Crippen LogP contribution in [0.5, 0.6) is 0 Å². The number of aromatic nitrogens is 5. The number of hydrogen-bond donors (Lipinski definition) is 0. The molecule has 0 radical (unpaired) electrons. The van der Waals surface area contributed by atoms with Crippen LogP contribution in [0, 0.1) is 0 Å². The summed E-state index contributed by atoms with van der Waals surface area (Å²) in [6.45, 7) is 0. The zero-order valence-corrected chi connectivity index (χ0v) is 7.78. The van der Waals surface area contributed by atoms with Gasteiger partial charge in [-0.2, -0.15) is 0 Å². The van der Waals surface area contributed by atoms with Crippen molar-refractivity contribution in [3.05, 3.63) is 43.1 Å². The van der Waals surface area contributed by atoms with Crippen LogP contribution in [0.15, 0.2) is 43.1 Å². The van der Waals surface area contributed by atoms with Gasteiger partial charge in [0.2, 0.25) is 0 Å². The molecule has 0 spiro atoms. The molecule has 0 aliphatic rings. The van der Waals surface area contributed by atoms with Crippen LogP contribution >= 0.6 is 0 Å². The van der Waals surface area contributed by atoms with E-state index < -0.39 is 0 Å². The lowest BCUT2D eigenvalue weighted by atomic mass is 10.3. The molecule has 5 nitrogen and oxygen atoms in total. The van der Waals surface area contributed by atoms with Crippen molar-refractivity contribution in [2.75, 3.05) is 0 Å². The summed E-state index contributed by atoms with van der Waals surface area (Å²) >= 11 is 0. The molecule has 3 heterocycles. The van der Waals surface area contributed by atoms with Crippen molar-refractivity contribution in [1.82, 2.24) is 24.7 Å². The Hall–Kier alpha value is -2.30. The third-order valence-electron chi connectivity index (χ3n) is 2.12. The molecular formula is C10H7N5. The molecule has 0 N–H and O–H groups in total. The zero-order valence-electron chi connectivity index (χ0n) is 7.78. The second-order valence-electron chi connectivity index (χ2n) is 3.08. The highest BCUT2D eigenvalue weighted by molar-refractivity contribution is 5.74. The van der Waals surface area contributed by atoms with E-state index in [-0.39, 0.29) is 0 Å². The summed E-state index contributed by atoms with van der Waals surface area (Å²) in [6.07, 6.45) is 4.98. The molecule has 0 saturated carbocycles. The van der Waals surface area contributed by atoms with Gasteiger partial charge in [-0.3, -0.25) is 9.55 Å². The van der Waals surface area contributed by atoms with Crippen molar-refractivity contribution < 1.29 is 0 Å². The molecule has 0 bridgehead atoms. The molecule has 15 heavy (non-hydrogen) atoms. The van der Waals surface area contributed by atoms with Crippen LogP contribution in [-0.4, -0.2) is 24.7 Å². The first-order valence-electron chi connectivity index (χ1n) is 4.50. The van der Waals surface area contributed by atoms with Crippen molar-refractivity contribution in [2.45, 2.75) is 0 Å². The maximum atomic E-state index is 4.44. The van der Waals surface area contributed by atoms with Gasteiger partial charge in [0.05, 0.1) is 11.0 Å². The highest BCUT2D eigenvalue weighted by atomic mass is 15.2. The third kappa shape index (κ3) is 1.34. The monoisotopic (exact) mass is 197 g/mol. The first-order valence-corrected chi connectivity index (χ1v) is 4.50. The van der Waals surface area contributed by atoms with E-state index in [0.717, 1.165) is 16.9 Å². The van der Waals surface area contributed by atoms with E-state index in [0.29, 0.717) is 0 Å². The maximum absolute atomic E-state index is 4.44. The fourth-order valence-electron chi connectivity index (χ4n) is 1.41. The van der Waals surface area contributed by atoms with Crippen molar-refractivity contribution in [3.8, 4) is 5.82 Å². The second-order valence-corrected chi connectivity index (χ2v) is 3.08. The summed E-state index contributed by atoms with van der Waals surface area (Å²) in [7, 11) is 0. The Morgan fingerprint density at radius 1 is 0.933 bits per heavy atom. The van der Waals surface area contributed by atoms with E-state index in [4.69, 9.17) is 0 Å². The van der Waals surface area contributed by atoms with Gasteiger partial charge < -0.3 is 0 Å². The summed E-state index contributed by atoms with van der Waals surface area (Å²) in [5, 5.41) is 7.47. The van der Waals surface area contributed by atoms with Gasteiger partial charge in [-0.05, 0) is 24.3 Å². The number of nitrogens with zero attached hydrogens (tertiary/aromatic N) is 5. The van der Waals surface area contributed by atoms with E-state index >= 15 is 0 Å². The molecule has 0 saturated heterocycles.